The average molecular weight is 201 g/mol. The van der Waals surface area contributed by atoms with Crippen LogP contribution in [-0.4, -0.2) is 62.7 Å². The molecule has 14 heavy (non-hydrogen) atoms. The summed E-state index contributed by atoms with van der Waals surface area (Å²) in [4.78, 5) is 4.63. The number of nitrogens with one attached hydrogen (secondary N) is 1. The molecule has 0 fully saturated rings. The van der Waals surface area contributed by atoms with Gasteiger partial charge in [-0.2, -0.15) is 0 Å². The van der Waals surface area contributed by atoms with E-state index in [-0.39, 0.29) is 0 Å². The van der Waals surface area contributed by atoms with Crippen molar-refractivity contribution in [3.63, 3.8) is 0 Å². The maximum atomic E-state index is 3.46. The minimum absolute atomic E-state index is 0.562. The lowest BCUT2D eigenvalue weighted by molar-refractivity contribution is 0.196. The summed E-state index contributed by atoms with van der Waals surface area (Å²) < 4.78 is 0. The topological polar surface area (TPSA) is 18.5 Å². The van der Waals surface area contributed by atoms with Crippen LogP contribution in [0, 0.1) is 0 Å². The largest absolute Gasteiger partial charge is 0.313 e. The van der Waals surface area contributed by atoms with E-state index in [0.717, 1.165) is 19.6 Å². The van der Waals surface area contributed by atoms with E-state index in [1.165, 1.54) is 0 Å². The highest BCUT2D eigenvalue weighted by atomic mass is 15.2. The Balaban J connectivity index is 3.79. The van der Waals surface area contributed by atoms with E-state index < -0.39 is 0 Å². The highest BCUT2D eigenvalue weighted by Crippen LogP contribution is 2.01. The predicted octanol–water partition coefficient (Wildman–Crippen LogP) is 0.866. The van der Waals surface area contributed by atoms with Crippen LogP contribution >= 0.6 is 0 Å². The standard InChI is InChI=1S/C11H27N3/c1-7-12-10(2)11(3)14(6)9-8-13(4)5/h10-12H,7-9H2,1-6H3. The van der Waals surface area contributed by atoms with Crippen LogP contribution in [0.3, 0.4) is 0 Å². The molecular weight excluding hydrogens is 174 g/mol. The molecule has 0 heterocycles. The van der Waals surface area contributed by atoms with E-state index >= 15 is 0 Å². The molecule has 3 heteroatoms. The van der Waals surface area contributed by atoms with Crippen molar-refractivity contribution >= 4 is 0 Å². The van der Waals surface area contributed by atoms with Gasteiger partial charge in [-0.15, -0.1) is 0 Å². The zero-order valence-corrected chi connectivity index (χ0v) is 10.7. The first-order valence-corrected chi connectivity index (χ1v) is 5.57. The van der Waals surface area contributed by atoms with Crippen LogP contribution in [0.1, 0.15) is 20.8 Å². The summed E-state index contributed by atoms with van der Waals surface area (Å²) in [6, 6.07) is 1.15. The minimum atomic E-state index is 0.562. The second-order valence-corrected chi connectivity index (χ2v) is 4.37. The van der Waals surface area contributed by atoms with Crippen molar-refractivity contribution < 1.29 is 0 Å². The van der Waals surface area contributed by atoms with Gasteiger partial charge in [0.05, 0.1) is 0 Å². The first kappa shape index (κ1) is 13.9. The summed E-state index contributed by atoms with van der Waals surface area (Å²) in [6.45, 7) is 9.99. The molecule has 0 saturated carbocycles. The van der Waals surface area contributed by atoms with Crippen LogP contribution in [0.15, 0.2) is 0 Å². The van der Waals surface area contributed by atoms with Crippen LogP contribution in [-0.2, 0) is 0 Å². The summed E-state index contributed by atoms with van der Waals surface area (Å²) in [5, 5.41) is 3.46. The average Bonchev–Trinajstić information content (AvgIpc) is 2.13. The molecule has 0 aromatic rings. The maximum absolute atomic E-state index is 3.46. The number of hydrogen-bond donors (Lipinski definition) is 1. The smallest absolute Gasteiger partial charge is 0.0215 e. The Morgan fingerprint density at radius 1 is 1.07 bits per heavy atom. The molecule has 3 nitrogen and oxygen atoms in total. The van der Waals surface area contributed by atoms with E-state index in [9.17, 15) is 0 Å². The Bertz CT molecular complexity index is 136. The lowest BCUT2D eigenvalue weighted by atomic mass is 10.1. The van der Waals surface area contributed by atoms with Crippen LogP contribution in [0.4, 0.5) is 0 Å². The summed E-state index contributed by atoms with van der Waals surface area (Å²) in [5.74, 6) is 0. The fourth-order valence-electron chi connectivity index (χ4n) is 1.44. The molecule has 0 aromatic heterocycles. The van der Waals surface area contributed by atoms with Crippen LogP contribution in [0.25, 0.3) is 0 Å². The first-order valence-electron chi connectivity index (χ1n) is 5.57. The lowest BCUT2D eigenvalue weighted by Gasteiger charge is -2.31. The van der Waals surface area contributed by atoms with E-state index in [4.69, 9.17) is 0 Å². The fourth-order valence-corrected chi connectivity index (χ4v) is 1.44. The maximum Gasteiger partial charge on any atom is 0.0215 e. The van der Waals surface area contributed by atoms with Crippen molar-refractivity contribution in [3.8, 4) is 0 Å². The van der Waals surface area contributed by atoms with Crippen molar-refractivity contribution in [2.24, 2.45) is 0 Å². The van der Waals surface area contributed by atoms with Gasteiger partial charge in [-0.25, -0.2) is 0 Å². The minimum Gasteiger partial charge on any atom is -0.313 e. The Morgan fingerprint density at radius 3 is 2.07 bits per heavy atom. The Kier molecular flexibility index (Phi) is 7.15. The van der Waals surface area contributed by atoms with Gasteiger partial charge in [-0.05, 0) is 41.5 Å². The van der Waals surface area contributed by atoms with Crippen LogP contribution in [0.2, 0.25) is 0 Å². The Morgan fingerprint density at radius 2 is 1.64 bits per heavy atom. The van der Waals surface area contributed by atoms with E-state index in [1.807, 2.05) is 0 Å². The Labute approximate surface area is 89.5 Å². The Hall–Kier alpha value is -0.120. The molecule has 1 N–H and O–H groups in total. The molecule has 0 rings (SSSR count). The third kappa shape index (κ3) is 5.58. The molecule has 0 amide bonds. The van der Waals surface area contributed by atoms with Crippen LogP contribution in [0.5, 0.6) is 0 Å². The lowest BCUT2D eigenvalue weighted by Crippen LogP contribution is -2.46. The third-order valence-corrected chi connectivity index (χ3v) is 2.84. The zero-order valence-electron chi connectivity index (χ0n) is 10.7. The van der Waals surface area contributed by atoms with Crippen molar-refractivity contribution in [1.82, 2.24) is 15.1 Å². The van der Waals surface area contributed by atoms with Gasteiger partial charge in [0.15, 0.2) is 0 Å². The molecule has 0 radical (unpaired) electrons. The van der Waals surface area contributed by atoms with Gasteiger partial charge < -0.3 is 15.1 Å². The van der Waals surface area contributed by atoms with Crippen molar-refractivity contribution in [2.45, 2.75) is 32.9 Å². The van der Waals surface area contributed by atoms with E-state index in [1.54, 1.807) is 0 Å². The highest BCUT2D eigenvalue weighted by Gasteiger charge is 2.15. The molecule has 0 aliphatic rings. The van der Waals surface area contributed by atoms with Gasteiger partial charge in [0.25, 0.3) is 0 Å². The van der Waals surface area contributed by atoms with E-state index in [0.29, 0.717) is 12.1 Å². The molecular formula is C11H27N3. The molecule has 0 aromatic carbocycles. The summed E-state index contributed by atoms with van der Waals surface area (Å²) >= 11 is 0. The molecule has 0 aliphatic heterocycles. The van der Waals surface area contributed by atoms with Crippen molar-refractivity contribution in [2.75, 3.05) is 40.8 Å². The first-order chi connectivity index (χ1) is 6.49. The normalized spacial score (nSPS) is 16.3. The molecule has 2 atom stereocenters. The number of rotatable bonds is 7. The quantitative estimate of drug-likeness (QED) is 0.659. The van der Waals surface area contributed by atoms with Crippen LogP contribution < -0.4 is 5.32 Å². The van der Waals surface area contributed by atoms with Gasteiger partial charge in [0.1, 0.15) is 0 Å². The summed E-state index contributed by atoms with van der Waals surface area (Å²) in [6.07, 6.45) is 0. The van der Waals surface area contributed by atoms with Gasteiger partial charge in [-0.1, -0.05) is 6.92 Å². The SMILES string of the molecule is CCNC(C)C(C)N(C)CCN(C)C. The number of hydrogen-bond acceptors (Lipinski definition) is 3. The molecule has 86 valence electrons. The molecule has 0 spiro atoms. The van der Waals surface area contributed by atoms with Gasteiger partial charge >= 0.3 is 0 Å². The van der Waals surface area contributed by atoms with E-state index in [2.05, 4.69) is 57.0 Å². The summed E-state index contributed by atoms with van der Waals surface area (Å²) in [5.41, 5.74) is 0. The molecule has 0 saturated heterocycles. The van der Waals surface area contributed by atoms with Gasteiger partial charge in [-0.3, -0.25) is 0 Å². The second-order valence-electron chi connectivity index (χ2n) is 4.37. The number of nitrogens with zero attached hydrogens (tertiary/aromatic N) is 2. The fraction of sp³-hybridized carbons (Fsp3) is 1.00. The predicted molar refractivity (Wildman–Crippen MR) is 63.8 cm³/mol. The van der Waals surface area contributed by atoms with Gasteiger partial charge in [0.2, 0.25) is 0 Å². The molecule has 2 unspecified atom stereocenters. The van der Waals surface area contributed by atoms with Gasteiger partial charge in [0, 0.05) is 25.2 Å². The molecule has 0 aliphatic carbocycles. The second kappa shape index (κ2) is 7.21. The third-order valence-electron chi connectivity index (χ3n) is 2.84. The van der Waals surface area contributed by atoms with Crippen molar-refractivity contribution in [3.05, 3.63) is 0 Å². The number of likely N-dealkylation sites (N-methyl/N-ethyl adjacent to an activating group) is 3. The monoisotopic (exact) mass is 201 g/mol. The zero-order chi connectivity index (χ0) is 11.1. The highest BCUT2D eigenvalue weighted by molar-refractivity contribution is 4.75. The molecule has 0 bridgehead atoms. The van der Waals surface area contributed by atoms with Crippen molar-refractivity contribution in [1.29, 1.82) is 0 Å². The summed E-state index contributed by atoms with van der Waals surface area (Å²) in [7, 11) is 6.43.